The van der Waals surface area contributed by atoms with Crippen LogP contribution in [0.3, 0.4) is 0 Å². The Morgan fingerprint density at radius 1 is 1.56 bits per heavy atom. The molecule has 1 aromatic rings. The standard InChI is InChI=1S/C12H15FN2O/c1-3-9(8-16-2)15-12-6-4-5-11(13)10(12)7-14/h4-6,9,15H,3,8H2,1-2H3. The number of hydrogen-bond donors (Lipinski definition) is 1. The first kappa shape index (κ1) is 12.5. The van der Waals surface area contributed by atoms with Gasteiger partial charge in [-0.25, -0.2) is 4.39 Å². The van der Waals surface area contributed by atoms with E-state index in [1.54, 1.807) is 19.2 Å². The van der Waals surface area contributed by atoms with E-state index in [2.05, 4.69) is 5.32 Å². The minimum Gasteiger partial charge on any atom is -0.383 e. The number of hydrogen-bond acceptors (Lipinski definition) is 3. The first-order chi connectivity index (χ1) is 7.72. The molecule has 0 saturated carbocycles. The van der Waals surface area contributed by atoms with Gasteiger partial charge in [0.1, 0.15) is 17.4 Å². The summed E-state index contributed by atoms with van der Waals surface area (Å²) in [4.78, 5) is 0. The molecule has 0 aromatic heterocycles. The van der Waals surface area contributed by atoms with Gasteiger partial charge in [0.15, 0.2) is 0 Å². The Hall–Kier alpha value is -1.60. The first-order valence-corrected chi connectivity index (χ1v) is 5.17. The lowest BCUT2D eigenvalue weighted by atomic mass is 10.1. The summed E-state index contributed by atoms with van der Waals surface area (Å²) in [5.41, 5.74) is 0.573. The number of anilines is 1. The molecule has 16 heavy (non-hydrogen) atoms. The fraction of sp³-hybridized carbons (Fsp3) is 0.417. The van der Waals surface area contributed by atoms with Crippen molar-refractivity contribution in [3.63, 3.8) is 0 Å². The van der Waals surface area contributed by atoms with Gasteiger partial charge in [0, 0.05) is 13.2 Å². The van der Waals surface area contributed by atoms with E-state index in [-0.39, 0.29) is 11.6 Å². The summed E-state index contributed by atoms with van der Waals surface area (Å²) in [6.45, 7) is 2.53. The molecule has 0 amide bonds. The highest BCUT2D eigenvalue weighted by Gasteiger charge is 2.11. The van der Waals surface area contributed by atoms with E-state index in [0.29, 0.717) is 12.3 Å². The molecule has 0 radical (unpaired) electrons. The van der Waals surface area contributed by atoms with Gasteiger partial charge < -0.3 is 10.1 Å². The molecule has 0 aliphatic heterocycles. The monoisotopic (exact) mass is 222 g/mol. The first-order valence-electron chi connectivity index (χ1n) is 5.17. The molecule has 1 aromatic carbocycles. The van der Waals surface area contributed by atoms with Crippen molar-refractivity contribution in [2.24, 2.45) is 0 Å². The molecule has 1 N–H and O–H groups in total. The summed E-state index contributed by atoms with van der Waals surface area (Å²) in [5.74, 6) is -0.500. The van der Waals surface area contributed by atoms with Gasteiger partial charge in [0.25, 0.3) is 0 Å². The summed E-state index contributed by atoms with van der Waals surface area (Å²) in [6, 6.07) is 6.49. The maximum atomic E-state index is 13.3. The van der Waals surface area contributed by atoms with Gasteiger partial charge in [0.05, 0.1) is 12.3 Å². The lowest BCUT2D eigenvalue weighted by Crippen LogP contribution is -2.24. The highest BCUT2D eigenvalue weighted by Crippen LogP contribution is 2.19. The van der Waals surface area contributed by atoms with E-state index in [0.717, 1.165) is 6.42 Å². The number of halogens is 1. The smallest absolute Gasteiger partial charge is 0.143 e. The number of methoxy groups -OCH3 is 1. The molecule has 0 heterocycles. The molecule has 0 aliphatic carbocycles. The second kappa shape index (κ2) is 6.09. The predicted molar refractivity (Wildman–Crippen MR) is 60.7 cm³/mol. The average molecular weight is 222 g/mol. The van der Waals surface area contributed by atoms with Gasteiger partial charge in [-0.05, 0) is 18.6 Å². The van der Waals surface area contributed by atoms with Crippen molar-refractivity contribution in [1.29, 1.82) is 5.26 Å². The van der Waals surface area contributed by atoms with E-state index in [1.807, 2.05) is 13.0 Å². The van der Waals surface area contributed by atoms with E-state index >= 15 is 0 Å². The summed E-state index contributed by atoms with van der Waals surface area (Å²) < 4.78 is 18.3. The second-order valence-corrected chi connectivity index (χ2v) is 3.48. The maximum absolute atomic E-state index is 13.3. The van der Waals surface area contributed by atoms with Gasteiger partial charge in [-0.1, -0.05) is 13.0 Å². The lowest BCUT2D eigenvalue weighted by Gasteiger charge is -2.18. The Balaban J connectivity index is 2.88. The number of nitrogens with zero attached hydrogens (tertiary/aromatic N) is 1. The third kappa shape index (κ3) is 2.94. The van der Waals surface area contributed by atoms with E-state index in [1.165, 1.54) is 6.07 Å². The Morgan fingerprint density at radius 2 is 2.31 bits per heavy atom. The van der Waals surface area contributed by atoms with Gasteiger partial charge in [-0.15, -0.1) is 0 Å². The molecule has 0 bridgehead atoms. The fourth-order valence-electron chi connectivity index (χ4n) is 1.44. The molecule has 1 unspecified atom stereocenters. The number of nitriles is 1. The zero-order chi connectivity index (χ0) is 12.0. The maximum Gasteiger partial charge on any atom is 0.143 e. The van der Waals surface area contributed by atoms with E-state index in [4.69, 9.17) is 10.00 Å². The highest BCUT2D eigenvalue weighted by atomic mass is 19.1. The number of benzene rings is 1. The molecule has 86 valence electrons. The molecule has 3 nitrogen and oxygen atoms in total. The molecule has 1 atom stereocenters. The fourth-order valence-corrected chi connectivity index (χ4v) is 1.44. The van der Waals surface area contributed by atoms with Crippen molar-refractivity contribution < 1.29 is 9.13 Å². The Bertz CT molecular complexity index is 387. The van der Waals surface area contributed by atoms with Crippen molar-refractivity contribution in [1.82, 2.24) is 0 Å². The quantitative estimate of drug-likeness (QED) is 0.832. The summed E-state index contributed by atoms with van der Waals surface area (Å²) in [5, 5.41) is 12.0. The molecular formula is C12H15FN2O. The van der Waals surface area contributed by atoms with Gasteiger partial charge in [0.2, 0.25) is 0 Å². The van der Waals surface area contributed by atoms with Crippen molar-refractivity contribution in [2.75, 3.05) is 19.0 Å². The van der Waals surface area contributed by atoms with Crippen LogP contribution in [0.4, 0.5) is 10.1 Å². The van der Waals surface area contributed by atoms with Crippen LogP contribution in [0.15, 0.2) is 18.2 Å². The van der Waals surface area contributed by atoms with Crippen LogP contribution in [0.2, 0.25) is 0 Å². The van der Waals surface area contributed by atoms with Crippen LogP contribution >= 0.6 is 0 Å². The van der Waals surface area contributed by atoms with Crippen molar-refractivity contribution in [2.45, 2.75) is 19.4 Å². The third-order valence-electron chi connectivity index (χ3n) is 2.35. The van der Waals surface area contributed by atoms with Crippen LogP contribution in [0.5, 0.6) is 0 Å². The van der Waals surface area contributed by atoms with Crippen molar-refractivity contribution >= 4 is 5.69 Å². The van der Waals surface area contributed by atoms with Crippen LogP contribution < -0.4 is 5.32 Å². The minimum atomic E-state index is -0.500. The van der Waals surface area contributed by atoms with Crippen molar-refractivity contribution in [3.05, 3.63) is 29.6 Å². The van der Waals surface area contributed by atoms with Crippen LogP contribution in [0.25, 0.3) is 0 Å². The topological polar surface area (TPSA) is 45.0 Å². The zero-order valence-electron chi connectivity index (χ0n) is 9.46. The van der Waals surface area contributed by atoms with Gasteiger partial charge in [-0.2, -0.15) is 5.26 Å². The van der Waals surface area contributed by atoms with Crippen molar-refractivity contribution in [3.8, 4) is 6.07 Å². The molecule has 0 aliphatic rings. The number of ether oxygens (including phenoxy) is 1. The van der Waals surface area contributed by atoms with Crippen LogP contribution in [-0.2, 0) is 4.74 Å². The summed E-state index contributed by atoms with van der Waals surface area (Å²) in [7, 11) is 1.61. The van der Waals surface area contributed by atoms with Crippen LogP contribution in [0.1, 0.15) is 18.9 Å². The second-order valence-electron chi connectivity index (χ2n) is 3.48. The summed E-state index contributed by atoms with van der Waals surface area (Å²) in [6.07, 6.45) is 0.842. The van der Waals surface area contributed by atoms with E-state index in [9.17, 15) is 4.39 Å². The molecule has 0 saturated heterocycles. The van der Waals surface area contributed by atoms with Crippen LogP contribution in [0, 0.1) is 17.1 Å². The minimum absolute atomic E-state index is 0.0528. The van der Waals surface area contributed by atoms with Crippen LogP contribution in [-0.4, -0.2) is 19.8 Å². The normalized spacial score (nSPS) is 11.9. The summed E-state index contributed by atoms with van der Waals surface area (Å²) >= 11 is 0. The van der Waals surface area contributed by atoms with Gasteiger partial charge >= 0.3 is 0 Å². The SMILES string of the molecule is CCC(COC)Nc1cccc(F)c1C#N. The van der Waals surface area contributed by atoms with Gasteiger partial charge in [-0.3, -0.25) is 0 Å². The highest BCUT2D eigenvalue weighted by molar-refractivity contribution is 5.58. The molecule has 0 spiro atoms. The number of nitrogens with one attached hydrogen (secondary N) is 1. The Labute approximate surface area is 94.8 Å². The Kier molecular flexibility index (Phi) is 4.74. The molecule has 0 fully saturated rings. The predicted octanol–water partition coefficient (Wildman–Crippen LogP) is 2.53. The zero-order valence-corrected chi connectivity index (χ0v) is 9.46. The molecule has 4 heteroatoms. The lowest BCUT2D eigenvalue weighted by molar-refractivity contribution is 0.184. The molecule has 1 rings (SSSR count). The molecular weight excluding hydrogens is 207 g/mol. The van der Waals surface area contributed by atoms with E-state index < -0.39 is 5.82 Å². The Morgan fingerprint density at radius 3 is 2.88 bits per heavy atom. The average Bonchev–Trinajstić information content (AvgIpc) is 2.28. The third-order valence-corrected chi connectivity index (χ3v) is 2.35. The largest absolute Gasteiger partial charge is 0.383 e. The number of rotatable bonds is 5.